The number of anilines is 1. The third-order valence-corrected chi connectivity index (χ3v) is 3.60. The third-order valence-electron chi connectivity index (χ3n) is 3.60. The highest BCUT2D eigenvalue weighted by atomic mass is 16.6. The Morgan fingerprint density at radius 1 is 1.48 bits per heavy atom. The summed E-state index contributed by atoms with van der Waals surface area (Å²) in [5, 5.41) is 18.1. The molecule has 1 aromatic heterocycles. The molecule has 0 bridgehead atoms. The maximum absolute atomic E-state index is 12.2. The van der Waals surface area contributed by atoms with Gasteiger partial charge < -0.3 is 10.1 Å². The zero-order valence-corrected chi connectivity index (χ0v) is 12.4. The van der Waals surface area contributed by atoms with Gasteiger partial charge in [-0.25, -0.2) is 9.48 Å². The normalized spacial score (nSPS) is 16.5. The first kappa shape index (κ1) is 14.7. The molecule has 9 nitrogen and oxygen atoms in total. The molecule has 3 rings (SSSR count). The van der Waals surface area contributed by atoms with Crippen LogP contribution in [0.4, 0.5) is 11.6 Å². The summed E-state index contributed by atoms with van der Waals surface area (Å²) < 4.78 is 6.35. The smallest absolute Gasteiger partial charge is 0.338 e. The van der Waals surface area contributed by atoms with Crippen LogP contribution in [0.1, 0.15) is 18.5 Å². The lowest BCUT2D eigenvalue weighted by Gasteiger charge is -2.27. The lowest BCUT2D eigenvalue weighted by atomic mass is 9.95. The molecule has 0 saturated carbocycles. The van der Waals surface area contributed by atoms with Crippen molar-refractivity contribution in [1.29, 1.82) is 0 Å². The largest absolute Gasteiger partial charge is 0.466 e. The van der Waals surface area contributed by atoms with Crippen molar-refractivity contribution in [3.8, 4) is 0 Å². The third kappa shape index (κ3) is 2.41. The number of carbonyl (C=O) groups excluding carboxylic acids is 1. The van der Waals surface area contributed by atoms with Crippen molar-refractivity contribution in [1.82, 2.24) is 14.8 Å². The second-order valence-corrected chi connectivity index (χ2v) is 4.94. The SMILES string of the molecule is COC(=O)C1=C(C)Nc2ncnn2[C@@H]1c1cccc([N+](=O)[O-])c1. The van der Waals surface area contributed by atoms with E-state index in [1.54, 1.807) is 19.1 Å². The molecule has 0 saturated heterocycles. The first-order valence-corrected chi connectivity index (χ1v) is 6.73. The van der Waals surface area contributed by atoms with Crippen molar-refractivity contribution < 1.29 is 14.5 Å². The van der Waals surface area contributed by atoms with Crippen molar-refractivity contribution in [2.24, 2.45) is 0 Å². The molecular formula is C14H13N5O4. The molecule has 1 aliphatic heterocycles. The number of hydrogen-bond acceptors (Lipinski definition) is 7. The zero-order valence-electron chi connectivity index (χ0n) is 12.4. The quantitative estimate of drug-likeness (QED) is 0.520. The monoisotopic (exact) mass is 315 g/mol. The van der Waals surface area contributed by atoms with Crippen LogP contribution >= 0.6 is 0 Å². The molecule has 0 unspecified atom stereocenters. The number of allylic oxidation sites excluding steroid dienone is 1. The van der Waals surface area contributed by atoms with Crippen molar-refractivity contribution >= 4 is 17.6 Å². The number of nitro groups is 1. The average molecular weight is 315 g/mol. The van der Waals surface area contributed by atoms with Gasteiger partial charge in [0.05, 0.1) is 17.6 Å². The van der Waals surface area contributed by atoms with Gasteiger partial charge in [-0.3, -0.25) is 10.1 Å². The van der Waals surface area contributed by atoms with E-state index in [-0.39, 0.29) is 5.69 Å². The number of aromatic nitrogens is 3. The van der Waals surface area contributed by atoms with Crippen LogP contribution in [0.25, 0.3) is 0 Å². The molecule has 0 fully saturated rings. The first-order valence-electron chi connectivity index (χ1n) is 6.73. The Labute approximate surface area is 130 Å². The van der Waals surface area contributed by atoms with Gasteiger partial charge in [0.15, 0.2) is 0 Å². The number of nitrogens with zero attached hydrogens (tertiary/aromatic N) is 4. The Morgan fingerprint density at radius 3 is 2.96 bits per heavy atom. The van der Waals surface area contributed by atoms with Crippen molar-refractivity contribution in [3.05, 3.63) is 57.5 Å². The summed E-state index contributed by atoms with van der Waals surface area (Å²) in [6.45, 7) is 1.72. The molecule has 2 aromatic rings. The number of esters is 1. The molecule has 0 aliphatic carbocycles. The molecule has 0 amide bonds. The van der Waals surface area contributed by atoms with Crippen LogP contribution in [0.15, 0.2) is 41.9 Å². The highest BCUT2D eigenvalue weighted by Gasteiger charge is 2.34. The van der Waals surface area contributed by atoms with Crippen molar-refractivity contribution in [2.75, 3.05) is 12.4 Å². The van der Waals surface area contributed by atoms with Crippen molar-refractivity contribution in [3.63, 3.8) is 0 Å². The summed E-state index contributed by atoms with van der Waals surface area (Å²) in [6, 6.07) is 5.42. The van der Waals surface area contributed by atoms with Gasteiger partial charge in [0.25, 0.3) is 5.69 Å². The highest BCUT2D eigenvalue weighted by molar-refractivity contribution is 5.92. The molecule has 1 aliphatic rings. The van der Waals surface area contributed by atoms with Crippen LogP contribution in [-0.4, -0.2) is 32.8 Å². The molecule has 9 heteroatoms. The molecular weight excluding hydrogens is 302 g/mol. The fraction of sp³-hybridized carbons (Fsp3) is 0.214. The van der Waals surface area contributed by atoms with Crippen LogP contribution in [-0.2, 0) is 9.53 Å². The van der Waals surface area contributed by atoms with E-state index in [9.17, 15) is 14.9 Å². The Hall–Kier alpha value is -3.23. The fourth-order valence-electron chi connectivity index (χ4n) is 2.58. The minimum atomic E-state index is -0.652. The standard InChI is InChI=1S/C14H13N5O4/c1-8-11(13(20)23-2)12(18-14(17-8)15-7-16-18)9-4-3-5-10(6-9)19(21)22/h3-7,12H,1-2H3,(H,15,16,17)/t12-/m1/s1. The van der Waals surface area contributed by atoms with E-state index in [2.05, 4.69) is 15.4 Å². The number of benzene rings is 1. The van der Waals surface area contributed by atoms with E-state index in [1.165, 1.54) is 30.3 Å². The van der Waals surface area contributed by atoms with E-state index in [0.29, 0.717) is 22.8 Å². The lowest BCUT2D eigenvalue weighted by molar-refractivity contribution is -0.384. The minimum absolute atomic E-state index is 0.0652. The molecule has 1 N–H and O–H groups in total. The molecule has 0 spiro atoms. The summed E-state index contributed by atoms with van der Waals surface area (Å²) in [7, 11) is 1.28. The number of hydrogen-bond donors (Lipinski definition) is 1. The van der Waals surface area contributed by atoms with Gasteiger partial charge in [-0.2, -0.15) is 10.1 Å². The van der Waals surface area contributed by atoms with Gasteiger partial charge in [-0.05, 0) is 12.5 Å². The Kier molecular flexibility index (Phi) is 3.53. The summed E-state index contributed by atoms with van der Waals surface area (Å²) in [5.41, 5.74) is 1.37. The zero-order chi connectivity index (χ0) is 16.6. The second-order valence-electron chi connectivity index (χ2n) is 4.94. The van der Waals surface area contributed by atoms with Gasteiger partial charge in [-0.15, -0.1) is 0 Å². The molecule has 2 heterocycles. The minimum Gasteiger partial charge on any atom is -0.466 e. The number of nitro benzene ring substituents is 1. The number of carbonyl (C=O) groups is 1. The van der Waals surface area contributed by atoms with Gasteiger partial charge in [0.1, 0.15) is 12.4 Å². The van der Waals surface area contributed by atoms with Gasteiger partial charge in [0, 0.05) is 17.8 Å². The molecule has 118 valence electrons. The lowest BCUT2D eigenvalue weighted by Crippen LogP contribution is -2.29. The fourth-order valence-corrected chi connectivity index (χ4v) is 2.58. The predicted octanol–water partition coefficient (Wildman–Crippen LogP) is 1.65. The maximum Gasteiger partial charge on any atom is 0.338 e. The first-order chi connectivity index (χ1) is 11.0. The molecule has 1 atom stereocenters. The number of fused-ring (bicyclic) bond motifs is 1. The predicted molar refractivity (Wildman–Crippen MR) is 79.6 cm³/mol. The van der Waals surface area contributed by atoms with Gasteiger partial charge in [0.2, 0.25) is 5.95 Å². The van der Waals surface area contributed by atoms with E-state index in [0.717, 1.165) is 0 Å². The number of ether oxygens (including phenoxy) is 1. The second kappa shape index (κ2) is 5.52. The topological polar surface area (TPSA) is 112 Å². The Bertz CT molecular complexity index is 826. The number of methoxy groups -OCH3 is 1. The van der Waals surface area contributed by atoms with Gasteiger partial charge >= 0.3 is 5.97 Å². The number of non-ortho nitro benzene ring substituents is 1. The maximum atomic E-state index is 12.2. The molecule has 1 aromatic carbocycles. The Morgan fingerprint density at radius 2 is 2.26 bits per heavy atom. The van der Waals surface area contributed by atoms with Crippen molar-refractivity contribution in [2.45, 2.75) is 13.0 Å². The highest BCUT2D eigenvalue weighted by Crippen LogP contribution is 2.35. The van der Waals surface area contributed by atoms with Crippen LogP contribution in [0, 0.1) is 10.1 Å². The van der Waals surface area contributed by atoms with E-state index in [1.807, 2.05) is 0 Å². The van der Waals surface area contributed by atoms with E-state index >= 15 is 0 Å². The molecule has 23 heavy (non-hydrogen) atoms. The number of rotatable bonds is 3. The average Bonchev–Trinajstić information content (AvgIpc) is 3.00. The summed E-state index contributed by atoms with van der Waals surface area (Å²) in [5.74, 6) is -0.0840. The van der Waals surface area contributed by atoms with Gasteiger partial charge in [-0.1, -0.05) is 12.1 Å². The summed E-state index contributed by atoms with van der Waals surface area (Å²) in [6.07, 6.45) is 1.35. The summed E-state index contributed by atoms with van der Waals surface area (Å²) in [4.78, 5) is 26.8. The summed E-state index contributed by atoms with van der Waals surface area (Å²) >= 11 is 0. The number of nitrogens with one attached hydrogen (secondary N) is 1. The van der Waals surface area contributed by atoms with Crippen LogP contribution in [0.2, 0.25) is 0 Å². The van der Waals surface area contributed by atoms with Crippen LogP contribution < -0.4 is 5.32 Å². The molecule has 0 radical (unpaired) electrons. The Balaban J connectivity index is 2.19. The van der Waals surface area contributed by atoms with Crippen LogP contribution in [0.5, 0.6) is 0 Å². The van der Waals surface area contributed by atoms with Crippen LogP contribution in [0.3, 0.4) is 0 Å². The van der Waals surface area contributed by atoms with E-state index in [4.69, 9.17) is 4.74 Å². The van der Waals surface area contributed by atoms with E-state index < -0.39 is 16.9 Å².